The van der Waals surface area contributed by atoms with Crippen LogP contribution in [0, 0.1) is 11.8 Å². The molecule has 100 valence electrons. The van der Waals surface area contributed by atoms with Gasteiger partial charge in [0.15, 0.2) is 0 Å². The number of aromatic nitrogens is 1. The molecule has 1 atom stereocenters. The molecule has 1 heterocycles. The summed E-state index contributed by atoms with van der Waals surface area (Å²) in [4.78, 5) is 16.8. The summed E-state index contributed by atoms with van der Waals surface area (Å²) in [5.74, 6) is 1.18. The molecule has 1 amide bonds. The van der Waals surface area contributed by atoms with E-state index in [1.54, 1.807) is 11.7 Å². The van der Waals surface area contributed by atoms with E-state index in [9.17, 15) is 4.79 Å². The van der Waals surface area contributed by atoms with Crippen LogP contribution in [0.1, 0.15) is 55.6 Å². The van der Waals surface area contributed by atoms with Crippen LogP contribution >= 0.6 is 11.3 Å². The Morgan fingerprint density at radius 2 is 2.11 bits per heavy atom. The lowest BCUT2D eigenvalue weighted by Gasteiger charge is -2.33. The molecule has 1 saturated carbocycles. The normalized spacial score (nSPS) is 18.8. The molecule has 18 heavy (non-hydrogen) atoms. The van der Waals surface area contributed by atoms with Crippen molar-refractivity contribution in [1.29, 1.82) is 0 Å². The first-order valence-electron chi connectivity index (χ1n) is 6.88. The standard InChI is InChI=1S/C14H22N2OS/c1-10(2)13(11-6-4-3-5-7-11)16-14(17)12-8-15-9-18-12/h8-11,13H,3-7H2,1-2H3,(H,16,17). The van der Waals surface area contributed by atoms with Gasteiger partial charge in [-0.2, -0.15) is 0 Å². The van der Waals surface area contributed by atoms with Crippen molar-refractivity contribution < 1.29 is 4.79 Å². The minimum absolute atomic E-state index is 0.0433. The predicted molar refractivity (Wildman–Crippen MR) is 74.8 cm³/mol. The Labute approximate surface area is 113 Å². The van der Waals surface area contributed by atoms with Crippen LogP contribution in [0.3, 0.4) is 0 Å². The summed E-state index contributed by atoms with van der Waals surface area (Å²) in [6.45, 7) is 4.40. The van der Waals surface area contributed by atoms with Gasteiger partial charge in [0.1, 0.15) is 4.88 Å². The largest absolute Gasteiger partial charge is 0.348 e. The van der Waals surface area contributed by atoms with Gasteiger partial charge >= 0.3 is 0 Å². The molecule has 1 aliphatic rings. The van der Waals surface area contributed by atoms with Gasteiger partial charge in [0.25, 0.3) is 5.91 Å². The number of nitrogens with one attached hydrogen (secondary N) is 1. The molecule has 1 aliphatic carbocycles. The fourth-order valence-electron chi connectivity index (χ4n) is 2.87. The minimum atomic E-state index is 0.0433. The van der Waals surface area contributed by atoms with Gasteiger partial charge in [-0.15, -0.1) is 11.3 Å². The molecule has 1 N–H and O–H groups in total. The molecule has 1 unspecified atom stereocenters. The van der Waals surface area contributed by atoms with Crippen molar-refractivity contribution in [2.45, 2.75) is 52.0 Å². The van der Waals surface area contributed by atoms with Gasteiger partial charge in [-0.3, -0.25) is 9.78 Å². The molecule has 4 heteroatoms. The number of carbonyl (C=O) groups excluding carboxylic acids is 1. The van der Waals surface area contributed by atoms with Crippen LogP contribution in [0.15, 0.2) is 11.7 Å². The Bertz CT molecular complexity index is 369. The molecular formula is C14H22N2OS. The molecule has 1 fully saturated rings. The maximum Gasteiger partial charge on any atom is 0.263 e. The molecule has 3 nitrogen and oxygen atoms in total. The number of hydrogen-bond donors (Lipinski definition) is 1. The van der Waals surface area contributed by atoms with Gasteiger partial charge in [-0.1, -0.05) is 33.1 Å². The van der Waals surface area contributed by atoms with Crippen molar-refractivity contribution in [3.05, 3.63) is 16.6 Å². The van der Waals surface area contributed by atoms with Crippen LogP contribution in [0.4, 0.5) is 0 Å². The van der Waals surface area contributed by atoms with E-state index in [2.05, 4.69) is 24.1 Å². The monoisotopic (exact) mass is 266 g/mol. The molecule has 0 aliphatic heterocycles. The zero-order chi connectivity index (χ0) is 13.0. The average molecular weight is 266 g/mol. The van der Waals surface area contributed by atoms with Crippen molar-refractivity contribution in [2.75, 3.05) is 0 Å². The Balaban J connectivity index is 1.99. The van der Waals surface area contributed by atoms with Crippen molar-refractivity contribution in [3.8, 4) is 0 Å². The van der Waals surface area contributed by atoms with E-state index in [0.29, 0.717) is 17.9 Å². The molecule has 0 bridgehead atoms. The number of hydrogen-bond acceptors (Lipinski definition) is 3. The smallest absolute Gasteiger partial charge is 0.263 e. The van der Waals surface area contributed by atoms with Gasteiger partial charge in [0.2, 0.25) is 0 Å². The molecular weight excluding hydrogens is 244 g/mol. The van der Waals surface area contributed by atoms with E-state index >= 15 is 0 Å². The predicted octanol–water partition coefficient (Wildman–Crippen LogP) is 3.48. The van der Waals surface area contributed by atoms with Crippen molar-refractivity contribution in [3.63, 3.8) is 0 Å². The van der Waals surface area contributed by atoms with E-state index in [0.717, 1.165) is 4.88 Å². The zero-order valence-corrected chi connectivity index (χ0v) is 12.0. The topological polar surface area (TPSA) is 42.0 Å². The maximum absolute atomic E-state index is 12.1. The highest BCUT2D eigenvalue weighted by Gasteiger charge is 2.27. The number of thiazole rings is 1. The van der Waals surface area contributed by atoms with E-state index in [1.165, 1.54) is 43.4 Å². The third-order valence-electron chi connectivity index (χ3n) is 3.83. The summed E-state index contributed by atoms with van der Waals surface area (Å²) < 4.78 is 0. The Kier molecular flexibility index (Phi) is 4.75. The Morgan fingerprint density at radius 1 is 1.39 bits per heavy atom. The van der Waals surface area contributed by atoms with Crippen LogP contribution in [-0.2, 0) is 0 Å². The van der Waals surface area contributed by atoms with Crippen LogP contribution in [-0.4, -0.2) is 16.9 Å². The highest BCUT2D eigenvalue weighted by atomic mass is 32.1. The molecule has 0 aromatic carbocycles. The van der Waals surface area contributed by atoms with Crippen LogP contribution in [0.25, 0.3) is 0 Å². The lowest BCUT2D eigenvalue weighted by molar-refractivity contribution is 0.0895. The first kappa shape index (κ1) is 13.5. The molecule has 1 aromatic heterocycles. The number of carbonyl (C=O) groups is 1. The first-order valence-corrected chi connectivity index (χ1v) is 7.76. The Morgan fingerprint density at radius 3 is 2.67 bits per heavy atom. The lowest BCUT2D eigenvalue weighted by Crippen LogP contribution is -2.44. The van der Waals surface area contributed by atoms with Gasteiger partial charge < -0.3 is 5.32 Å². The SMILES string of the molecule is CC(C)C(NC(=O)c1cncs1)C1CCCCC1. The number of rotatable bonds is 4. The highest BCUT2D eigenvalue weighted by Crippen LogP contribution is 2.29. The van der Waals surface area contributed by atoms with Gasteiger partial charge in [-0.25, -0.2) is 0 Å². The molecule has 0 spiro atoms. The third kappa shape index (κ3) is 3.31. The van der Waals surface area contributed by atoms with Crippen LogP contribution in [0.2, 0.25) is 0 Å². The van der Waals surface area contributed by atoms with E-state index < -0.39 is 0 Å². The summed E-state index contributed by atoms with van der Waals surface area (Å²) in [7, 11) is 0. The van der Waals surface area contributed by atoms with Crippen molar-refractivity contribution >= 4 is 17.2 Å². The highest BCUT2D eigenvalue weighted by molar-refractivity contribution is 7.11. The summed E-state index contributed by atoms with van der Waals surface area (Å²) in [6, 6.07) is 0.305. The summed E-state index contributed by atoms with van der Waals surface area (Å²) >= 11 is 1.41. The molecule has 2 rings (SSSR count). The first-order chi connectivity index (χ1) is 8.68. The fraction of sp³-hybridized carbons (Fsp3) is 0.714. The quantitative estimate of drug-likeness (QED) is 0.906. The second kappa shape index (κ2) is 6.32. The summed E-state index contributed by atoms with van der Waals surface area (Å²) in [5.41, 5.74) is 1.71. The van der Waals surface area contributed by atoms with Crippen molar-refractivity contribution in [2.24, 2.45) is 11.8 Å². The second-order valence-corrected chi connectivity index (χ2v) is 6.39. The third-order valence-corrected chi connectivity index (χ3v) is 4.60. The fourth-order valence-corrected chi connectivity index (χ4v) is 3.40. The molecule has 0 saturated heterocycles. The van der Waals surface area contributed by atoms with E-state index in [-0.39, 0.29) is 5.91 Å². The number of nitrogens with zero attached hydrogens (tertiary/aromatic N) is 1. The summed E-state index contributed by atoms with van der Waals surface area (Å²) in [5, 5.41) is 3.22. The number of amides is 1. The van der Waals surface area contributed by atoms with E-state index in [1.807, 2.05) is 0 Å². The molecule has 1 aromatic rings. The lowest BCUT2D eigenvalue weighted by atomic mass is 9.79. The Hall–Kier alpha value is -0.900. The average Bonchev–Trinajstić information content (AvgIpc) is 2.90. The van der Waals surface area contributed by atoms with Gasteiger partial charge in [-0.05, 0) is 24.7 Å². The van der Waals surface area contributed by atoms with Gasteiger partial charge in [0, 0.05) is 6.04 Å². The maximum atomic E-state index is 12.1. The van der Waals surface area contributed by atoms with Gasteiger partial charge in [0.05, 0.1) is 11.7 Å². The summed E-state index contributed by atoms with van der Waals surface area (Å²) in [6.07, 6.45) is 8.13. The van der Waals surface area contributed by atoms with Crippen molar-refractivity contribution in [1.82, 2.24) is 10.3 Å². The van der Waals surface area contributed by atoms with E-state index in [4.69, 9.17) is 0 Å². The second-order valence-electron chi connectivity index (χ2n) is 5.51. The van der Waals surface area contributed by atoms with Crippen LogP contribution in [0.5, 0.6) is 0 Å². The van der Waals surface area contributed by atoms with Crippen LogP contribution < -0.4 is 5.32 Å². The molecule has 0 radical (unpaired) electrons. The minimum Gasteiger partial charge on any atom is -0.348 e. The zero-order valence-electron chi connectivity index (χ0n) is 11.2.